The van der Waals surface area contributed by atoms with Gasteiger partial charge in [0.05, 0.1) is 16.4 Å². The molecule has 4 nitrogen and oxygen atoms in total. The molecule has 0 saturated heterocycles. The van der Waals surface area contributed by atoms with Crippen molar-refractivity contribution in [2.75, 3.05) is 18.5 Å². The highest BCUT2D eigenvalue weighted by Gasteiger charge is 2.09. The van der Waals surface area contributed by atoms with E-state index in [1.54, 1.807) is 24.3 Å². The van der Waals surface area contributed by atoms with Crippen molar-refractivity contribution in [3.63, 3.8) is 0 Å². The third-order valence-electron chi connectivity index (χ3n) is 2.54. The lowest BCUT2D eigenvalue weighted by Gasteiger charge is -2.06. The summed E-state index contributed by atoms with van der Waals surface area (Å²) < 4.78 is 5.35. The summed E-state index contributed by atoms with van der Waals surface area (Å²) in [5.41, 5.74) is 0.708. The maximum atomic E-state index is 12.1. The van der Waals surface area contributed by atoms with Gasteiger partial charge in [0, 0.05) is 5.69 Å². The van der Waals surface area contributed by atoms with E-state index >= 15 is 0 Å². The van der Waals surface area contributed by atoms with E-state index < -0.39 is 0 Å². The molecule has 0 fully saturated rings. The number of hydrogen-bond donors (Lipinski definition) is 2. The molecule has 108 valence electrons. The van der Waals surface area contributed by atoms with Gasteiger partial charge in [-0.05, 0) is 43.3 Å². The largest absolute Gasteiger partial charge is 0.494 e. The van der Waals surface area contributed by atoms with Gasteiger partial charge < -0.3 is 15.2 Å². The van der Waals surface area contributed by atoms with Gasteiger partial charge in [-0.15, -0.1) is 11.3 Å². The van der Waals surface area contributed by atoms with Gasteiger partial charge in [-0.2, -0.15) is 0 Å². The van der Waals surface area contributed by atoms with Gasteiger partial charge in [0.1, 0.15) is 12.4 Å². The number of thiophene rings is 1. The predicted molar refractivity (Wildman–Crippen MR) is 83.8 cm³/mol. The fourth-order valence-corrected chi connectivity index (χ4v) is 2.42. The molecule has 1 aromatic carbocycles. The summed E-state index contributed by atoms with van der Waals surface area (Å²) in [4.78, 5) is 13.4. The molecule has 2 N–H and O–H groups in total. The number of rotatable bonds is 4. The first-order valence-electron chi connectivity index (χ1n) is 6.46. The second kappa shape index (κ2) is 7.48. The number of nitrogens with one attached hydrogen (secondary N) is 1. The molecule has 2 rings (SSSR count). The molecule has 2 aromatic rings. The van der Waals surface area contributed by atoms with Crippen LogP contribution in [0.2, 0.25) is 0 Å². The summed E-state index contributed by atoms with van der Waals surface area (Å²) in [6.07, 6.45) is 0. The van der Waals surface area contributed by atoms with Crippen molar-refractivity contribution >= 4 is 22.9 Å². The van der Waals surface area contributed by atoms with E-state index in [2.05, 4.69) is 17.2 Å². The van der Waals surface area contributed by atoms with Crippen molar-refractivity contribution in [3.05, 3.63) is 46.2 Å². The van der Waals surface area contributed by atoms with Crippen LogP contribution in [-0.4, -0.2) is 24.2 Å². The lowest BCUT2D eigenvalue weighted by molar-refractivity contribution is 0.103. The van der Waals surface area contributed by atoms with E-state index in [0.717, 1.165) is 10.6 Å². The Morgan fingerprint density at radius 2 is 2.05 bits per heavy atom. The molecule has 21 heavy (non-hydrogen) atoms. The van der Waals surface area contributed by atoms with Gasteiger partial charge >= 0.3 is 0 Å². The van der Waals surface area contributed by atoms with Crippen LogP contribution in [0, 0.1) is 11.8 Å². The lowest BCUT2D eigenvalue weighted by atomic mass is 10.3. The van der Waals surface area contributed by atoms with Crippen molar-refractivity contribution in [2.45, 2.75) is 6.92 Å². The molecule has 0 aliphatic carbocycles. The van der Waals surface area contributed by atoms with Crippen LogP contribution in [0.1, 0.15) is 21.5 Å². The van der Waals surface area contributed by atoms with E-state index in [1.807, 2.05) is 19.1 Å². The van der Waals surface area contributed by atoms with E-state index in [1.165, 1.54) is 11.3 Å². The van der Waals surface area contributed by atoms with Crippen LogP contribution >= 0.6 is 11.3 Å². The molecule has 0 unspecified atom stereocenters. The van der Waals surface area contributed by atoms with Crippen LogP contribution in [0.3, 0.4) is 0 Å². The second-order valence-electron chi connectivity index (χ2n) is 4.04. The number of ether oxygens (including phenoxy) is 1. The highest BCUT2D eigenvalue weighted by atomic mass is 32.1. The monoisotopic (exact) mass is 301 g/mol. The highest BCUT2D eigenvalue weighted by molar-refractivity contribution is 7.14. The fraction of sp³-hybridized carbons (Fsp3) is 0.188. The Balaban J connectivity index is 2.02. The van der Waals surface area contributed by atoms with Gasteiger partial charge in [-0.1, -0.05) is 11.8 Å². The van der Waals surface area contributed by atoms with Crippen molar-refractivity contribution in [2.24, 2.45) is 0 Å². The quantitative estimate of drug-likeness (QED) is 0.854. The van der Waals surface area contributed by atoms with Crippen molar-refractivity contribution < 1.29 is 14.6 Å². The molecule has 0 aliphatic rings. The Hall–Kier alpha value is -2.29. The third kappa shape index (κ3) is 4.35. The van der Waals surface area contributed by atoms with Gasteiger partial charge in [0.2, 0.25) is 0 Å². The molecule has 0 saturated carbocycles. The number of hydrogen-bond acceptors (Lipinski definition) is 4. The minimum Gasteiger partial charge on any atom is -0.494 e. The summed E-state index contributed by atoms with van der Waals surface area (Å²) in [5.74, 6) is 5.92. The molecule has 1 heterocycles. The van der Waals surface area contributed by atoms with Crippen molar-refractivity contribution in [1.29, 1.82) is 0 Å². The summed E-state index contributed by atoms with van der Waals surface area (Å²) in [7, 11) is 0. The zero-order valence-corrected chi connectivity index (χ0v) is 12.4. The average molecular weight is 301 g/mol. The van der Waals surface area contributed by atoms with Gasteiger partial charge in [-0.25, -0.2) is 0 Å². The van der Waals surface area contributed by atoms with Crippen LogP contribution < -0.4 is 10.1 Å². The minimum atomic E-state index is -0.189. The summed E-state index contributed by atoms with van der Waals surface area (Å²) >= 11 is 1.29. The lowest BCUT2D eigenvalue weighted by Crippen LogP contribution is -2.09. The maximum absolute atomic E-state index is 12.1. The van der Waals surface area contributed by atoms with Crippen LogP contribution in [0.4, 0.5) is 5.69 Å². The first kappa shape index (κ1) is 15.1. The smallest absolute Gasteiger partial charge is 0.265 e. The van der Waals surface area contributed by atoms with E-state index in [9.17, 15) is 4.79 Å². The Kier molecular flexibility index (Phi) is 5.38. The molecule has 0 spiro atoms. The Labute approximate surface area is 127 Å². The van der Waals surface area contributed by atoms with E-state index in [0.29, 0.717) is 17.2 Å². The zero-order valence-electron chi connectivity index (χ0n) is 11.6. The molecule has 1 aromatic heterocycles. The Morgan fingerprint density at radius 1 is 1.29 bits per heavy atom. The fourth-order valence-electron chi connectivity index (χ4n) is 1.65. The number of anilines is 1. The number of carbonyl (C=O) groups excluding carboxylic acids is 1. The molecule has 1 amide bonds. The summed E-state index contributed by atoms with van der Waals surface area (Å²) in [5, 5.41) is 11.5. The number of carbonyl (C=O) groups is 1. The zero-order chi connectivity index (χ0) is 15.1. The van der Waals surface area contributed by atoms with Gasteiger partial charge in [-0.3, -0.25) is 4.79 Å². The van der Waals surface area contributed by atoms with Crippen molar-refractivity contribution in [3.8, 4) is 17.6 Å². The Bertz CT molecular complexity index is 665. The average Bonchev–Trinajstić information content (AvgIpc) is 2.96. The SMILES string of the molecule is CCOc1ccc(NC(=O)c2ccc(C#CCO)s2)cc1. The van der Waals surface area contributed by atoms with Crippen molar-refractivity contribution in [1.82, 2.24) is 0 Å². The topological polar surface area (TPSA) is 58.6 Å². The van der Waals surface area contributed by atoms with E-state index in [-0.39, 0.29) is 12.5 Å². The summed E-state index contributed by atoms with van der Waals surface area (Å²) in [6, 6.07) is 10.7. The molecule has 0 atom stereocenters. The Morgan fingerprint density at radius 3 is 2.71 bits per heavy atom. The predicted octanol–water partition coefficient (Wildman–Crippen LogP) is 2.74. The second-order valence-corrected chi connectivity index (χ2v) is 5.12. The van der Waals surface area contributed by atoms with Gasteiger partial charge in [0.25, 0.3) is 5.91 Å². The normalized spacial score (nSPS) is 9.62. The van der Waals surface area contributed by atoms with Gasteiger partial charge in [0.15, 0.2) is 0 Å². The van der Waals surface area contributed by atoms with E-state index in [4.69, 9.17) is 9.84 Å². The van der Waals surface area contributed by atoms with Crippen LogP contribution in [0.25, 0.3) is 0 Å². The first-order chi connectivity index (χ1) is 10.2. The number of aliphatic hydroxyl groups is 1. The molecular formula is C16H15NO3S. The molecule has 0 bridgehead atoms. The van der Waals surface area contributed by atoms with Crippen LogP contribution in [0.15, 0.2) is 36.4 Å². The molecule has 5 heteroatoms. The molecule has 0 aliphatic heterocycles. The third-order valence-corrected chi connectivity index (χ3v) is 3.54. The number of amides is 1. The van der Waals surface area contributed by atoms with Crippen LogP contribution in [0.5, 0.6) is 5.75 Å². The number of aliphatic hydroxyl groups excluding tert-OH is 1. The van der Waals surface area contributed by atoms with Crippen LogP contribution in [-0.2, 0) is 0 Å². The summed E-state index contributed by atoms with van der Waals surface area (Å²) in [6.45, 7) is 2.34. The molecule has 0 radical (unpaired) electrons. The maximum Gasteiger partial charge on any atom is 0.265 e. The standard InChI is InChI=1S/C16H15NO3S/c1-2-20-13-7-5-12(6-8-13)17-16(19)15-10-9-14(21-15)4-3-11-18/h5-10,18H,2,11H2,1H3,(H,17,19). The first-order valence-corrected chi connectivity index (χ1v) is 7.28. The minimum absolute atomic E-state index is 0.179. The number of benzene rings is 1. The highest BCUT2D eigenvalue weighted by Crippen LogP contribution is 2.19. The molecular weight excluding hydrogens is 286 g/mol.